The molecule has 6 heteroatoms. The molecule has 0 saturated heterocycles. The Bertz CT molecular complexity index is 814. The number of amides is 2. The SMILES string of the molecule is CC[C@H](C(=O)N[C@@H](C)CC)N(CCc1ccccc1)C(=O)CSCc1ccc(Cl)cc1. The molecule has 0 aromatic heterocycles. The molecule has 0 aliphatic heterocycles. The van der Waals surface area contributed by atoms with Crippen LogP contribution in [0.1, 0.15) is 44.7 Å². The monoisotopic (exact) mass is 460 g/mol. The largest absolute Gasteiger partial charge is 0.352 e. The summed E-state index contributed by atoms with van der Waals surface area (Å²) in [4.78, 5) is 27.8. The molecule has 0 spiro atoms. The van der Waals surface area contributed by atoms with Gasteiger partial charge in [-0.05, 0) is 49.4 Å². The summed E-state index contributed by atoms with van der Waals surface area (Å²) in [6.07, 6.45) is 2.17. The van der Waals surface area contributed by atoms with E-state index >= 15 is 0 Å². The highest BCUT2D eigenvalue weighted by molar-refractivity contribution is 7.99. The normalized spacial score (nSPS) is 12.8. The van der Waals surface area contributed by atoms with E-state index in [0.29, 0.717) is 23.7 Å². The van der Waals surface area contributed by atoms with Crippen molar-refractivity contribution in [3.63, 3.8) is 0 Å². The maximum absolute atomic E-state index is 13.2. The predicted molar refractivity (Wildman–Crippen MR) is 131 cm³/mol. The Hall–Kier alpha value is -1.98. The third-order valence-electron chi connectivity index (χ3n) is 5.28. The highest BCUT2D eigenvalue weighted by atomic mass is 35.5. The molecule has 168 valence electrons. The van der Waals surface area contributed by atoms with Crippen molar-refractivity contribution in [2.75, 3.05) is 12.3 Å². The number of carbonyl (C=O) groups is 2. The average molecular weight is 461 g/mol. The third kappa shape index (κ3) is 8.58. The number of hydrogen-bond acceptors (Lipinski definition) is 3. The minimum Gasteiger partial charge on any atom is -0.352 e. The van der Waals surface area contributed by atoms with Crippen LogP contribution in [-0.2, 0) is 21.8 Å². The summed E-state index contributed by atoms with van der Waals surface area (Å²) in [6.45, 7) is 6.52. The van der Waals surface area contributed by atoms with Crippen molar-refractivity contribution in [3.05, 3.63) is 70.7 Å². The van der Waals surface area contributed by atoms with E-state index in [1.807, 2.05) is 63.2 Å². The number of nitrogens with zero attached hydrogens (tertiary/aromatic N) is 1. The Morgan fingerprint density at radius 1 is 1.00 bits per heavy atom. The third-order valence-corrected chi connectivity index (χ3v) is 6.52. The number of thioether (sulfide) groups is 1. The molecule has 0 aliphatic carbocycles. The Morgan fingerprint density at radius 3 is 2.29 bits per heavy atom. The van der Waals surface area contributed by atoms with Gasteiger partial charge in [0.1, 0.15) is 6.04 Å². The maximum Gasteiger partial charge on any atom is 0.243 e. The van der Waals surface area contributed by atoms with Gasteiger partial charge in [0.05, 0.1) is 5.75 Å². The Balaban J connectivity index is 2.05. The molecule has 31 heavy (non-hydrogen) atoms. The lowest BCUT2D eigenvalue weighted by atomic mass is 10.1. The molecule has 2 amide bonds. The van der Waals surface area contributed by atoms with Gasteiger partial charge in [-0.1, -0.05) is 67.9 Å². The van der Waals surface area contributed by atoms with Crippen LogP contribution >= 0.6 is 23.4 Å². The van der Waals surface area contributed by atoms with Gasteiger partial charge < -0.3 is 10.2 Å². The van der Waals surface area contributed by atoms with Crippen molar-refractivity contribution in [2.24, 2.45) is 0 Å². The van der Waals surface area contributed by atoms with E-state index in [2.05, 4.69) is 17.4 Å². The molecule has 2 aromatic rings. The minimum atomic E-state index is -0.457. The smallest absolute Gasteiger partial charge is 0.243 e. The van der Waals surface area contributed by atoms with E-state index in [1.165, 1.54) is 0 Å². The minimum absolute atomic E-state index is 0.000969. The molecule has 1 N–H and O–H groups in total. The Morgan fingerprint density at radius 2 is 1.68 bits per heavy atom. The number of hydrogen-bond donors (Lipinski definition) is 1. The molecule has 0 heterocycles. The molecule has 2 rings (SSSR count). The first-order chi connectivity index (χ1) is 14.9. The maximum atomic E-state index is 13.2. The lowest BCUT2D eigenvalue weighted by Gasteiger charge is -2.31. The van der Waals surface area contributed by atoms with Gasteiger partial charge >= 0.3 is 0 Å². The van der Waals surface area contributed by atoms with E-state index in [-0.39, 0.29) is 17.9 Å². The first-order valence-corrected chi connectivity index (χ1v) is 12.4. The quantitative estimate of drug-likeness (QED) is 0.465. The molecule has 2 aromatic carbocycles. The summed E-state index contributed by atoms with van der Waals surface area (Å²) in [7, 11) is 0. The molecular weight excluding hydrogens is 428 g/mol. The van der Waals surface area contributed by atoms with Gasteiger partial charge in [-0.15, -0.1) is 11.8 Å². The summed E-state index contributed by atoms with van der Waals surface area (Å²) >= 11 is 7.51. The van der Waals surface area contributed by atoms with Crippen molar-refractivity contribution >= 4 is 35.2 Å². The Kier molecular flexibility index (Phi) is 11.0. The zero-order valence-electron chi connectivity index (χ0n) is 18.6. The summed E-state index contributed by atoms with van der Waals surface area (Å²) in [5, 5.41) is 3.75. The van der Waals surface area contributed by atoms with Gasteiger partial charge in [0.2, 0.25) is 11.8 Å². The standard InChI is InChI=1S/C25H33ClN2O2S/c1-4-19(3)27-25(30)23(5-2)28(16-15-20-9-7-6-8-10-20)24(29)18-31-17-21-11-13-22(26)14-12-21/h6-14,19,23H,4-5,15-18H2,1-3H3,(H,27,30)/t19-,23+/m0/s1. The van der Waals surface area contributed by atoms with Crippen molar-refractivity contribution in [2.45, 2.75) is 57.9 Å². The lowest BCUT2D eigenvalue weighted by molar-refractivity contribution is -0.139. The zero-order valence-corrected chi connectivity index (χ0v) is 20.2. The van der Waals surface area contributed by atoms with Crippen LogP contribution in [0.2, 0.25) is 5.02 Å². The highest BCUT2D eigenvalue weighted by Crippen LogP contribution is 2.17. The predicted octanol–water partition coefficient (Wildman–Crippen LogP) is 5.34. The molecule has 0 radical (unpaired) electrons. The van der Waals surface area contributed by atoms with E-state index in [1.54, 1.807) is 16.7 Å². The van der Waals surface area contributed by atoms with E-state index in [0.717, 1.165) is 29.7 Å². The summed E-state index contributed by atoms with van der Waals surface area (Å²) < 4.78 is 0. The summed E-state index contributed by atoms with van der Waals surface area (Å²) in [6, 6.07) is 17.4. The summed E-state index contributed by atoms with van der Waals surface area (Å²) in [5.74, 6) is 0.998. The molecular formula is C25H33ClN2O2S. The molecule has 4 nitrogen and oxygen atoms in total. The van der Waals surface area contributed by atoms with Crippen LogP contribution in [0, 0.1) is 0 Å². The van der Waals surface area contributed by atoms with Crippen molar-refractivity contribution in [1.82, 2.24) is 10.2 Å². The van der Waals surface area contributed by atoms with Crippen LogP contribution in [-0.4, -0.2) is 41.1 Å². The van der Waals surface area contributed by atoms with Crippen molar-refractivity contribution in [3.8, 4) is 0 Å². The molecule has 0 bridgehead atoms. The molecule has 2 atom stereocenters. The van der Waals surface area contributed by atoms with Crippen molar-refractivity contribution < 1.29 is 9.59 Å². The molecule has 0 unspecified atom stereocenters. The fourth-order valence-corrected chi connectivity index (χ4v) is 4.25. The van der Waals surface area contributed by atoms with Gasteiger partial charge in [0.15, 0.2) is 0 Å². The van der Waals surface area contributed by atoms with Gasteiger partial charge in [0, 0.05) is 23.4 Å². The van der Waals surface area contributed by atoms with Crippen LogP contribution < -0.4 is 5.32 Å². The average Bonchev–Trinajstić information content (AvgIpc) is 2.78. The van der Waals surface area contributed by atoms with E-state index in [9.17, 15) is 9.59 Å². The van der Waals surface area contributed by atoms with Crippen molar-refractivity contribution in [1.29, 1.82) is 0 Å². The molecule has 0 aliphatic rings. The molecule has 0 fully saturated rings. The number of carbonyl (C=O) groups excluding carboxylic acids is 2. The van der Waals surface area contributed by atoms with Gasteiger partial charge in [-0.3, -0.25) is 9.59 Å². The molecule has 0 saturated carbocycles. The van der Waals surface area contributed by atoms with Crippen LogP contribution in [0.4, 0.5) is 0 Å². The second kappa shape index (κ2) is 13.4. The highest BCUT2D eigenvalue weighted by Gasteiger charge is 2.28. The zero-order chi connectivity index (χ0) is 22.6. The van der Waals surface area contributed by atoms with E-state index < -0.39 is 6.04 Å². The van der Waals surface area contributed by atoms with Crippen LogP contribution in [0.25, 0.3) is 0 Å². The number of nitrogens with one attached hydrogen (secondary N) is 1. The fraction of sp³-hybridized carbons (Fsp3) is 0.440. The first kappa shape index (κ1) is 25.3. The number of rotatable bonds is 12. The summed E-state index contributed by atoms with van der Waals surface area (Å²) in [5.41, 5.74) is 2.28. The number of benzene rings is 2. The van der Waals surface area contributed by atoms with Gasteiger partial charge in [-0.2, -0.15) is 0 Å². The van der Waals surface area contributed by atoms with Crippen LogP contribution in [0.15, 0.2) is 54.6 Å². The van der Waals surface area contributed by atoms with Gasteiger partial charge in [0.25, 0.3) is 0 Å². The van der Waals surface area contributed by atoms with E-state index in [4.69, 9.17) is 11.6 Å². The van der Waals surface area contributed by atoms with Crippen LogP contribution in [0.3, 0.4) is 0 Å². The second-order valence-electron chi connectivity index (χ2n) is 7.68. The Labute approximate surface area is 195 Å². The first-order valence-electron chi connectivity index (χ1n) is 10.9. The number of halogens is 1. The second-order valence-corrected chi connectivity index (χ2v) is 9.11. The van der Waals surface area contributed by atoms with Gasteiger partial charge in [-0.25, -0.2) is 0 Å². The lowest BCUT2D eigenvalue weighted by Crippen LogP contribution is -2.52. The van der Waals surface area contributed by atoms with Crippen LogP contribution in [0.5, 0.6) is 0 Å². The fourth-order valence-electron chi connectivity index (χ4n) is 3.26. The topological polar surface area (TPSA) is 49.4 Å².